The molecule has 0 aromatic carbocycles. The minimum Gasteiger partial charge on any atom is -0.481 e. The van der Waals surface area contributed by atoms with Crippen LogP contribution in [0.3, 0.4) is 0 Å². The van der Waals surface area contributed by atoms with Gasteiger partial charge in [-0.1, -0.05) is 12.0 Å². The highest BCUT2D eigenvalue weighted by Crippen LogP contribution is 2.18. The van der Waals surface area contributed by atoms with Gasteiger partial charge in [-0.3, -0.25) is 14.4 Å². The second kappa shape index (κ2) is 11.6. The number of nitrogens with one attached hydrogen (secondary N) is 2. The molecule has 2 atom stereocenters. The summed E-state index contributed by atoms with van der Waals surface area (Å²) >= 11 is 0. The Morgan fingerprint density at radius 2 is 2.00 bits per heavy atom. The molecule has 2 rings (SSSR count). The van der Waals surface area contributed by atoms with E-state index in [1.807, 2.05) is 6.08 Å². The fourth-order valence-electron chi connectivity index (χ4n) is 3.37. The SMILES string of the molecule is C#CC(CC(=O)O)NC(=O)C1CCCN(C(=O)/C=C/C2CCNCC2)C1.Cl. The highest BCUT2D eigenvalue weighted by molar-refractivity contribution is 5.88. The molecule has 2 saturated heterocycles. The third-order valence-corrected chi connectivity index (χ3v) is 4.90. The van der Waals surface area contributed by atoms with Crippen LogP contribution in [0.4, 0.5) is 0 Å². The van der Waals surface area contributed by atoms with Crippen LogP contribution in [0.5, 0.6) is 0 Å². The Morgan fingerprint density at radius 1 is 1.30 bits per heavy atom. The van der Waals surface area contributed by atoms with Gasteiger partial charge in [-0.2, -0.15) is 0 Å². The van der Waals surface area contributed by atoms with Crippen molar-refractivity contribution in [3.63, 3.8) is 0 Å². The molecule has 0 bridgehead atoms. The summed E-state index contributed by atoms with van der Waals surface area (Å²) in [5, 5.41) is 14.7. The Balaban J connectivity index is 0.00000364. The molecule has 0 aromatic rings. The number of hydrogen-bond donors (Lipinski definition) is 3. The van der Waals surface area contributed by atoms with E-state index in [1.54, 1.807) is 11.0 Å². The first-order valence-corrected chi connectivity index (χ1v) is 9.15. The maximum Gasteiger partial charge on any atom is 0.306 e. The number of hydrogen-bond acceptors (Lipinski definition) is 4. The van der Waals surface area contributed by atoms with Gasteiger partial charge in [0.1, 0.15) is 6.04 Å². The number of amides is 2. The fourth-order valence-corrected chi connectivity index (χ4v) is 3.37. The summed E-state index contributed by atoms with van der Waals surface area (Å²) < 4.78 is 0. The predicted octanol–water partition coefficient (Wildman–Crippen LogP) is 0.795. The van der Waals surface area contributed by atoms with Crippen molar-refractivity contribution >= 4 is 30.2 Å². The zero-order chi connectivity index (χ0) is 18.9. The number of carbonyl (C=O) groups is 3. The molecular formula is C19H28ClN3O4. The molecule has 2 amide bonds. The van der Waals surface area contributed by atoms with Crippen molar-refractivity contribution in [1.82, 2.24) is 15.5 Å². The smallest absolute Gasteiger partial charge is 0.306 e. The average molecular weight is 398 g/mol. The molecule has 2 unspecified atom stereocenters. The largest absolute Gasteiger partial charge is 0.481 e. The van der Waals surface area contributed by atoms with E-state index in [1.165, 1.54) is 0 Å². The lowest BCUT2D eigenvalue weighted by molar-refractivity contribution is -0.137. The molecule has 8 heteroatoms. The van der Waals surface area contributed by atoms with Crippen LogP contribution in [0, 0.1) is 24.2 Å². The molecule has 0 aliphatic carbocycles. The van der Waals surface area contributed by atoms with Crippen molar-refractivity contribution in [1.29, 1.82) is 0 Å². The van der Waals surface area contributed by atoms with Crippen molar-refractivity contribution in [3.8, 4) is 12.3 Å². The summed E-state index contributed by atoms with van der Waals surface area (Å²) in [6.45, 7) is 2.92. The maximum absolute atomic E-state index is 12.4. The zero-order valence-electron chi connectivity index (χ0n) is 15.4. The number of nitrogens with zero attached hydrogens (tertiary/aromatic N) is 1. The summed E-state index contributed by atoms with van der Waals surface area (Å²) in [6, 6.07) is -0.828. The highest BCUT2D eigenvalue weighted by atomic mass is 35.5. The molecule has 0 aromatic heterocycles. The molecule has 27 heavy (non-hydrogen) atoms. The topological polar surface area (TPSA) is 98.7 Å². The van der Waals surface area contributed by atoms with E-state index in [0.29, 0.717) is 25.4 Å². The van der Waals surface area contributed by atoms with Crippen LogP contribution in [0.1, 0.15) is 32.1 Å². The molecule has 0 radical (unpaired) electrons. The number of terminal acetylenes is 1. The van der Waals surface area contributed by atoms with Gasteiger partial charge in [0, 0.05) is 13.1 Å². The van der Waals surface area contributed by atoms with E-state index in [4.69, 9.17) is 11.5 Å². The summed E-state index contributed by atoms with van der Waals surface area (Å²) in [6.07, 6.45) is 12.1. The van der Waals surface area contributed by atoms with Gasteiger partial charge in [-0.15, -0.1) is 18.8 Å². The standard InChI is InChI=1S/C19H27N3O4.ClH/c1-2-16(12-18(24)25)21-19(26)15-4-3-11-22(13-15)17(23)6-5-14-7-9-20-10-8-14;/h1,5-6,14-16,20H,3-4,7-13H2,(H,21,26)(H,24,25);1H/b6-5+;. The van der Waals surface area contributed by atoms with Crippen LogP contribution >= 0.6 is 12.4 Å². The van der Waals surface area contributed by atoms with Crippen LogP contribution in [-0.4, -0.2) is 60.0 Å². The Labute approximate surface area is 166 Å². The van der Waals surface area contributed by atoms with Crippen molar-refractivity contribution < 1.29 is 19.5 Å². The molecule has 3 N–H and O–H groups in total. The van der Waals surface area contributed by atoms with Crippen LogP contribution in [0.15, 0.2) is 12.2 Å². The van der Waals surface area contributed by atoms with E-state index in [-0.39, 0.29) is 36.6 Å². The molecular weight excluding hydrogens is 370 g/mol. The van der Waals surface area contributed by atoms with Crippen molar-refractivity contribution in [2.45, 2.75) is 38.1 Å². The molecule has 0 spiro atoms. The molecule has 2 fully saturated rings. The monoisotopic (exact) mass is 397 g/mol. The minimum absolute atomic E-state index is 0. The molecule has 150 valence electrons. The Morgan fingerprint density at radius 3 is 2.63 bits per heavy atom. The number of carboxylic acid groups (broad SMARTS) is 1. The molecule has 2 heterocycles. The predicted molar refractivity (Wildman–Crippen MR) is 104 cm³/mol. The molecule has 7 nitrogen and oxygen atoms in total. The Hall–Kier alpha value is -2.04. The fraction of sp³-hybridized carbons (Fsp3) is 0.632. The number of carbonyl (C=O) groups excluding carboxylic acids is 2. The lowest BCUT2D eigenvalue weighted by Gasteiger charge is -2.32. The summed E-state index contributed by atoms with van der Waals surface area (Å²) in [4.78, 5) is 37.2. The Kier molecular flexibility index (Phi) is 9.90. The van der Waals surface area contributed by atoms with Gasteiger partial charge >= 0.3 is 5.97 Å². The highest BCUT2D eigenvalue weighted by Gasteiger charge is 2.29. The van der Waals surface area contributed by atoms with E-state index >= 15 is 0 Å². The second-order valence-corrected chi connectivity index (χ2v) is 6.90. The quantitative estimate of drug-likeness (QED) is 0.454. The molecule has 2 aliphatic heterocycles. The normalized spacial score (nSPS) is 21.7. The number of halogens is 1. The minimum atomic E-state index is -1.06. The number of carboxylic acids is 1. The maximum atomic E-state index is 12.4. The summed E-state index contributed by atoms with van der Waals surface area (Å²) in [5.41, 5.74) is 0. The van der Waals surface area contributed by atoms with Crippen molar-refractivity contribution in [2.24, 2.45) is 11.8 Å². The van der Waals surface area contributed by atoms with Crippen molar-refractivity contribution in [2.75, 3.05) is 26.2 Å². The van der Waals surface area contributed by atoms with Gasteiger partial charge in [-0.25, -0.2) is 0 Å². The van der Waals surface area contributed by atoms with Crippen molar-refractivity contribution in [3.05, 3.63) is 12.2 Å². The number of rotatable bonds is 6. The van der Waals surface area contributed by atoms with E-state index in [0.717, 1.165) is 32.4 Å². The van der Waals surface area contributed by atoms with E-state index < -0.39 is 12.0 Å². The third kappa shape index (κ3) is 7.61. The number of likely N-dealkylation sites (tertiary alicyclic amines) is 1. The van der Waals surface area contributed by atoms with Crippen LogP contribution < -0.4 is 10.6 Å². The van der Waals surface area contributed by atoms with E-state index in [2.05, 4.69) is 16.6 Å². The summed E-state index contributed by atoms with van der Waals surface area (Å²) in [5.74, 6) is 0.944. The van der Waals surface area contributed by atoms with E-state index in [9.17, 15) is 14.4 Å². The van der Waals surface area contributed by atoms with Gasteiger partial charge in [0.05, 0.1) is 12.3 Å². The first-order valence-electron chi connectivity index (χ1n) is 9.15. The lowest BCUT2D eigenvalue weighted by atomic mass is 9.95. The van der Waals surface area contributed by atoms with Crippen LogP contribution in [0.25, 0.3) is 0 Å². The molecule has 0 saturated carbocycles. The van der Waals surface area contributed by atoms with Gasteiger partial charge in [0.15, 0.2) is 0 Å². The zero-order valence-corrected chi connectivity index (χ0v) is 16.2. The van der Waals surface area contributed by atoms with Crippen LogP contribution in [0.2, 0.25) is 0 Å². The van der Waals surface area contributed by atoms with Gasteiger partial charge in [-0.05, 0) is 50.8 Å². The Bertz CT molecular complexity index is 596. The lowest BCUT2D eigenvalue weighted by Crippen LogP contribution is -2.47. The number of piperidine rings is 2. The van der Waals surface area contributed by atoms with Gasteiger partial charge < -0.3 is 20.6 Å². The number of aliphatic carboxylic acids is 1. The molecule has 2 aliphatic rings. The average Bonchev–Trinajstić information content (AvgIpc) is 2.66. The first-order chi connectivity index (χ1) is 12.5. The third-order valence-electron chi connectivity index (χ3n) is 4.90. The van der Waals surface area contributed by atoms with Crippen LogP contribution in [-0.2, 0) is 14.4 Å². The van der Waals surface area contributed by atoms with Gasteiger partial charge in [0.2, 0.25) is 11.8 Å². The summed E-state index contributed by atoms with van der Waals surface area (Å²) in [7, 11) is 0. The van der Waals surface area contributed by atoms with Gasteiger partial charge in [0.25, 0.3) is 0 Å². The second-order valence-electron chi connectivity index (χ2n) is 6.90. The first kappa shape index (κ1) is 23.0. The number of allylic oxidation sites excluding steroid dienone is 1.